The molecular formula is C33H35F4N3O. The van der Waals surface area contributed by atoms with Crippen molar-refractivity contribution < 1.29 is 22.4 Å². The van der Waals surface area contributed by atoms with Gasteiger partial charge in [0.15, 0.2) is 0 Å². The van der Waals surface area contributed by atoms with Crippen molar-refractivity contribution in [3.8, 4) is 0 Å². The number of amides is 1. The monoisotopic (exact) mass is 565 g/mol. The Kier molecular flexibility index (Phi) is 7.24. The fourth-order valence-electron chi connectivity index (χ4n) is 7.12. The zero-order valence-corrected chi connectivity index (χ0v) is 23.7. The molecule has 0 aromatic heterocycles. The number of allylic oxidation sites excluding steroid dienone is 5. The van der Waals surface area contributed by atoms with E-state index in [1.54, 1.807) is 30.3 Å². The number of hydrogen-bond donors (Lipinski definition) is 2. The molecule has 0 bridgehead atoms. The average Bonchev–Trinajstić information content (AvgIpc) is 2.90. The molecule has 41 heavy (non-hydrogen) atoms. The van der Waals surface area contributed by atoms with Gasteiger partial charge in [0.1, 0.15) is 5.82 Å². The van der Waals surface area contributed by atoms with Gasteiger partial charge in [-0.05, 0) is 105 Å². The molecule has 5 rings (SSSR count). The van der Waals surface area contributed by atoms with Crippen molar-refractivity contribution in [2.24, 2.45) is 33.4 Å². The maximum absolute atomic E-state index is 14.5. The van der Waals surface area contributed by atoms with E-state index in [1.807, 2.05) is 39.8 Å². The number of nitrogens with zero attached hydrogens (tertiary/aromatic N) is 1. The Hall–Kier alpha value is -3.68. The highest BCUT2D eigenvalue weighted by atomic mass is 19.4. The van der Waals surface area contributed by atoms with Crippen LogP contribution in [0.15, 0.2) is 82.5 Å². The van der Waals surface area contributed by atoms with Crippen LogP contribution in [0.3, 0.4) is 0 Å². The summed E-state index contributed by atoms with van der Waals surface area (Å²) in [4.78, 5) is 18.5. The first-order valence-corrected chi connectivity index (χ1v) is 13.9. The summed E-state index contributed by atoms with van der Waals surface area (Å²) in [6.07, 6.45) is 1.73. The number of aliphatic imine (C=N–C) groups is 1. The summed E-state index contributed by atoms with van der Waals surface area (Å²) >= 11 is 0. The minimum atomic E-state index is -4.53. The van der Waals surface area contributed by atoms with E-state index in [0.717, 1.165) is 27.8 Å². The summed E-state index contributed by atoms with van der Waals surface area (Å²) in [7, 11) is 0. The van der Waals surface area contributed by atoms with E-state index in [0.29, 0.717) is 36.3 Å². The first-order chi connectivity index (χ1) is 19.3. The van der Waals surface area contributed by atoms with Crippen molar-refractivity contribution in [3.05, 3.63) is 94.5 Å². The summed E-state index contributed by atoms with van der Waals surface area (Å²) in [5.41, 5.74) is 10.8. The molecule has 3 aliphatic rings. The molecule has 8 heteroatoms. The van der Waals surface area contributed by atoms with Gasteiger partial charge in [-0.2, -0.15) is 13.2 Å². The van der Waals surface area contributed by atoms with Gasteiger partial charge in [-0.15, -0.1) is 0 Å². The number of nitrogens with one attached hydrogen (secondary N) is 1. The minimum Gasteiger partial charge on any atom is -0.404 e. The largest absolute Gasteiger partial charge is 0.404 e. The molecule has 1 fully saturated rings. The smallest absolute Gasteiger partial charge is 0.392 e. The van der Waals surface area contributed by atoms with Gasteiger partial charge in [-0.1, -0.05) is 37.1 Å². The molecule has 0 heterocycles. The van der Waals surface area contributed by atoms with Crippen molar-refractivity contribution in [2.75, 3.05) is 5.32 Å². The Labute approximate surface area is 238 Å². The summed E-state index contributed by atoms with van der Waals surface area (Å²) in [6, 6.07) is 11.2. The number of nitrogens with two attached hydrogens (primary N) is 1. The van der Waals surface area contributed by atoms with E-state index >= 15 is 0 Å². The Morgan fingerprint density at radius 2 is 1.80 bits per heavy atom. The predicted molar refractivity (Wildman–Crippen MR) is 154 cm³/mol. The molecule has 3 N–H and O–H groups in total. The van der Waals surface area contributed by atoms with Crippen LogP contribution in [0.25, 0.3) is 0 Å². The van der Waals surface area contributed by atoms with E-state index in [1.165, 1.54) is 18.3 Å². The number of rotatable bonds is 3. The fraction of sp³-hybridized carbons (Fsp3) is 0.394. The molecular weight excluding hydrogens is 530 g/mol. The molecule has 2 aromatic rings. The normalized spacial score (nSPS) is 29.9. The molecule has 0 spiro atoms. The first kappa shape index (κ1) is 28.8. The van der Waals surface area contributed by atoms with E-state index in [4.69, 9.17) is 10.7 Å². The van der Waals surface area contributed by atoms with Gasteiger partial charge in [0.2, 0.25) is 5.91 Å². The predicted octanol–water partition coefficient (Wildman–Crippen LogP) is 8.26. The zero-order chi connectivity index (χ0) is 29.7. The number of alkyl halides is 3. The van der Waals surface area contributed by atoms with Gasteiger partial charge >= 0.3 is 6.18 Å². The van der Waals surface area contributed by atoms with Crippen molar-refractivity contribution in [1.29, 1.82) is 0 Å². The van der Waals surface area contributed by atoms with Crippen molar-refractivity contribution in [3.63, 3.8) is 0 Å². The lowest BCUT2D eigenvalue weighted by Gasteiger charge is -2.57. The summed E-state index contributed by atoms with van der Waals surface area (Å²) in [5.74, 6) is -4.05. The van der Waals surface area contributed by atoms with Gasteiger partial charge in [-0.3, -0.25) is 4.79 Å². The second-order valence-electron chi connectivity index (χ2n) is 12.0. The number of benzene rings is 2. The van der Waals surface area contributed by atoms with E-state index < -0.39 is 34.7 Å². The highest BCUT2D eigenvalue weighted by molar-refractivity contribution is 6.11. The fourth-order valence-corrected chi connectivity index (χ4v) is 7.12. The van der Waals surface area contributed by atoms with E-state index in [9.17, 15) is 22.4 Å². The third-order valence-corrected chi connectivity index (χ3v) is 9.44. The number of carbonyl (C=O) groups is 1. The van der Waals surface area contributed by atoms with Gasteiger partial charge in [0, 0.05) is 16.5 Å². The molecule has 3 aliphatic carbocycles. The molecule has 0 radical (unpaired) electrons. The van der Waals surface area contributed by atoms with Crippen LogP contribution < -0.4 is 11.1 Å². The Balaban J connectivity index is 1.55. The number of fused-ring (bicyclic) bond motifs is 3. The van der Waals surface area contributed by atoms with E-state index in [-0.39, 0.29) is 12.2 Å². The molecule has 4 nitrogen and oxygen atoms in total. The molecule has 1 amide bonds. The molecule has 216 valence electrons. The van der Waals surface area contributed by atoms with Crippen LogP contribution in [0.1, 0.15) is 50.7 Å². The second-order valence-corrected chi connectivity index (χ2v) is 12.0. The lowest BCUT2D eigenvalue weighted by Crippen LogP contribution is -2.54. The van der Waals surface area contributed by atoms with Crippen molar-refractivity contribution >= 4 is 23.0 Å². The van der Waals surface area contributed by atoms with Crippen LogP contribution in [0, 0.1) is 42.3 Å². The van der Waals surface area contributed by atoms with Crippen LogP contribution in [-0.2, 0) is 4.79 Å². The maximum Gasteiger partial charge on any atom is 0.392 e. The van der Waals surface area contributed by atoms with Crippen LogP contribution in [0.4, 0.5) is 28.9 Å². The number of anilines is 1. The van der Waals surface area contributed by atoms with Gasteiger partial charge < -0.3 is 11.1 Å². The number of carbonyl (C=O) groups excluding carboxylic acids is 1. The van der Waals surface area contributed by atoms with Crippen molar-refractivity contribution in [1.82, 2.24) is 0 Å². The van der Waals surface area contributed by atoms with Crippen molar-refractivity contribution in [2.45, 2.75) is 59.6 Å². The number of hydrogen-bond acceptors (Lipinski definition) is 3. The molecule has 0 aliphatic heterocycles. The van der Waals surface area contributed by atoms with Crippen LogP contribution in [0.2, 0.25) is 0 Å². The summed E-state index contributed by atoms with van der Waals surface area (Å²) in [6.45, 7) is 7.70. The Morgan fingerprint density at radius 1 is 1.10 bits per heavy atom. The first-order valence-electron chi connectivity index (χ1n) is 13.9. The molecule has 0 unspecified atom stereocenters. The molecule has 0 saturated heterocycles. The van der Waals surface area contributed by atoms with E-state index in [2.05, 4.69) is 5.32 Å². The Bertz CT molecular complexity index is 1500. The lowest BCUT2D eigenvalue weighted by molar-refractivity contribution is -0.202. The zero-order valence-electron chi connectivity index (χ0n) is 23.7. The van der Waals surface area contributed by atoms with Crippen LogP contribution in [0.5, 0.6) is 0 Å². The standard InChI is InChI=1S/C33H35F4N3O/c1-19-5-8-25(15-20(19)2)40-30(41)29-26(33(35,36)37)11-12-28-31(29,3)14-13-22-16-27(21(18-38)17-32(22,28)4)39-24-9-6-23(34)7-10-24/h5-10,12,15-16,18,26,29H,11,13-14,17,38H2,1-4H3,(H,40,41)/t26-,29-,31+,32+/m1/s1. The Morgan fingerprint density at radius 3 is 2.44 bits per heavy atom. The third-order valence-electron chi connectivity index (χ3n) is 9.44. The quantitative estimate of drug-likeness (QED) is 0.291. The minimum absolute atomic E-state index is 0.263. The number of aryl methyl sites for hydroxylation is 2. The maximum atomic E-state index is 14.5. The molecule has 4 atom stereocenters. The average molecular weight is 566 g/mol. The lowest BCUT2D eigenvalue weighted by atomic mass is 9.47. The van der Waals surface area contributed by atoms with Gasteiger partial charge in [0.25, 0.3) is 0 Å². The number of halogens is 4. The summed E-state index contributed by atoms with van der Waals surface area (Å²) < 4.78 is 56.9. The van der Waals surface area contributed by atoms with Crippen LogP contribution >= 0.6 is 0 Å². The topological polar surface area (TPSA) is 67.5 Å². The third kappa shape index (κ3) is 5.13. The highest BCUT2D eigenvalue weighted by Crippen LogP contribution is 2.64. The SMILES string of the molecule is Cc1ccc(NC(=O)[C@H]2[C@H](C(F)(F)F)CC=C3[C@@]4(C)CC(=CN)C(=Nc5ccc(F)cc5)C=C4CC[C@@]32C)cc1C. The van der Waals surface area contributed by atoms with Gasteiger partial charge in [-0.25, -0.2) is 9.38 Å². The summed E-state index contributed by atoms with van der Waals surface area (Å²) in [5, 5.41) is 2.82. The molecule has 2 aromatic carbocycles. The second kappa shape index (κ2) is 10.3. The van der Waals surface area contributed by atoms with Crippen LogP contribution in [-0.4, -0.2) is 17.8 Å². The highest BCUT2D eigenvalue weighted by Gasteiger charge is 2.61. The molecule has 1 saturated carbocycles. The van der Waals surface area contributed by atoms with Gasteiger partial charge in [0.05, 0.1) is 23.2 Å².